The molecule has 5 nitrogen and oxygen atoms in total. The van der Waals surface area contributed by atoms with Gasteiger partial charge in [0.25, 0.3) is 10.0 Å². The van der Waals surface area contributed by atoms with Crippen molar-refractivity contribution in [2.24, 2.45) is 0 Å². The van der Waals surface area contributed by atoms with Gasteiger partial charge in [-0.05, 0) is 49.6 Å². The van der Waals surface area contributed by atoms with Crippen LogP contribution in [0.1, 0.15) is 43.5 Å². The number of aryl methyl sites for hydroxylation is 1. The van der Waals surface area contributed by atoms with E-state index in [1.54, 1.807) is 31.2 Å². The second kappa shape index (κ2) is 9.40. The molecule has 2 aromatic carbocycles. The lowest BCUT2D eigenvalue weighted by molar-refractivity contribution is -0.142. The van der Waals surface area contributed by atoms with E-state index in [9.17, 15) is 13.2 Å². The van der Waals surface area contributed by atoms with Crippen molar-refractivity contribution in [2.75, 3.05) is 6.61 Å². The van der Waals surface area contributed by atoms with E-state index in [0.29, 0.717) is 11.4 Å². The van der Waals surface area contributed by atoms with E-state index in [-0.39, 0.29) is 23.8 Å². The number of rotatable bonds is 7. The van der Waals surface area contributed by atoms with Gasteiger partial charge in [-0.1, -0.05) is 65.7 Å². The van der Waals surface area contributed by atoms with Gasteiger partial charge in [0.2, 0.25) is 0 Å². The van der Waals surface area contributed by atoms with Crippen molar-refractivity contribution in [2.45, 2.75) is 44.9 Å². The van der Waals surface area contributed by atoms with E-state index in [0.717, 1.165) is 21.2 Å². The molecule has 0 saturated heterocycles. The van der Waals surface area contributed by atoms with Crippen LogP contribution in [0.25, 0.3) is 11.3 Å². The lowest BCUT2D eigenvalue weighted by atomic mass is 10.0. The maximum atomic E-state index is 13.8. The lowest BCUT2D eigenvalue weighted by Crippen LogP contribution is -2.20. The standard InChI is InChI=1S/C24H26BrNO4S/c1-5-30-24(27)15-23-20(16(2)3)14-22(19-8-6-7-9-21(19)25)26(23)31(28,29)18-12-10-17(4)11-13-18/h6-14,16H,5,15H2,1-4H3. The first-order chi connectivity index (χ1) is 14.7. The summed E-state index contributed by atoms with van der Waals surface area (Å²) < 4.78 is 34.9. The number of benzene rings is 2. The summed E-state index contributed by atoms with van der Waals surface area (Å²) in [7, 11) is -3.97. The van der Waals surface area contributed by atoms with Gasteiger partial charge in [0.1, 0.15) is 0 Å². The van der Waals surface area contributed by atoms with Gasteiger partial charge in [-0.25, -0.2) is 12.4 Å². The average Bonchev–Trinajstić information content (AvgIpc) is 3.08. The Morgan fingerprint density at radius 1 is 1.10 bits per heavy atom. The quantitative estimate of drug-likeness (QED) is 0.388. The van der Waals surface area contributed by atoms with Crippen LogP contribution in [-0.2, 0) is 26.0 Å². The minimum atomic E-state index is -3.97. The minimum Gasteiger partial charge on any atom is -0.466 e. The van der Waals surface area contributed by atoms with Gasteiger partial charge >= 0.3 is 5.97 Å². The Balaban J connectivity index is 2.35. The molecule has 0 unspecified atom stereocenters. The van der Waals surface area contributed by atoms with Gasteiger partial charge in [-0.15, -0.1) is 0 Å². The zero-order valence-electron chi connectivity index (χ0n) is 18.1. The number of carbonyl (C=O) groups excluding carboxylic acids is 1. The van der Waals surface area contributed by atoms with Crippen molar-refractivity contribution in [3.63, 3.8) is 0 Å². The third-order valence-electron chi connectivity index (χ3n) is 5.04. The smallest absolute Gasteiger partial charge is 0.311 e. The van der Waals surface area contributed by atoms with Crippen LogP contribution in [-0.4, -0.2) is 25.0 Å². The van der Waals surface area contributed by atoms with Crippen LogP contribution in [0.5, 0.6) is 0 Å². The van der Waals surface area contributed by atoms with Crippen LogP contribution < -0.4 is 0 Å². The van der Waals surface area contributed by atoms with Crippen molar-refractivity contribution in [1.82, 2.24) is 3.97 Å². The van der Waals surface area contributed by atoms with Crippen LogP contribution in [0, 0.1) is 6.92 Å². The van der Waals surface area contributed by atoms with Crippen LogP contribution in [0.3, 0.4) is 0 Å². The monoisotopic (exact) mass is 503 g/mol. The Morgan fingerprint density at radius 2 is 1.74 bits per heavy atom. The first-order valence-electron chi connectivity index (χ1n) is 10.1. The zero-order chi connectivity index (χ0) is 22.8. The number of carbonyl (C=O) groups is 1. The first-order valence-corrected chi connectivity index (χ1v) is 12.4. The van der Waals surface area contributed by atoms with Gasteiger partial charge in [-0.3, -0.25) is 4.79 Å². The Morgan fingerprint density at radius 3 is 2.32 bits per heavy atom. The van der Waals surface area contributed by atoms with Crippen molar-refractivity contribution in [1.29, 1.82) is 0 Å². The van der Waals surface area contributed by atoms with E-state index in [2.05, 4.69) is 15.9 Å². The number of halogens is 1. The summed E-state index contributed by atoms with van der Waals surface area (Å²) in [4.78, 5) is 12.6. The van der Waals surface area contributed by atoms with E-state index in [4.69, 9.17) is 4.74 Å². The van der Waals surface area contributed by atoms with E-state index < -0.39 is 16.0 Å². The van der Waals surface area contributed by atoms with Crippen molar-refractivity contribution in [3.8, 4) is 11.3 Å². The fraction of sp³-hybridized carbons (Fsp3) is 0.292. The molecule has 0 radical (unpaired) electrons. The van der Waals surface area contributed by atoms with Gasteiger partial charge < -0.3 is 4.74 Å². The van der Waals surface area contributed by atoms with Gasteiger partial charge in [0, 0.05) is 15.7 Å². The molecular weight excluding hydrogens is 478 g/mol. The molecule has 0 bridgehead atoms. The molecule has 1 heterocycles. The molecule has 0 aliphatic heterocycles. The second-order valence-electron chi connectivity index (χ2n) is 7.63. The van der Waals surface area contributed by atoms with Crippen LogP contribution >= 0.6 is 15.9 Å². The fourth-order valence-corrected chi connectivity index (χ4v) is 5.57. The Hall–Kier alpha value is -2.38. The van der Waals surface area contributed by atoms with Crippen molar-refractivity contribution in [3.05, 3.63) is 75.9 Å². The number of hydrogen-bond donors (Lipinski definition) is 0. The van der Waals surface area contributed by atoms with Gasteiger partial charge in [-0.2, -0.15) is 0 Å². The highest BCUT2D eigenvalue weighted by molar-refractivity contribution is 9.10. The molecule has 164 valence electrons. The van der Waals surface area contributed by atoms with Crippen LogP contribution in [0.4, 0.5) is 0 Å². The van der Waals surface area contributed by atoms with E-state index in [1.165, 1.54) is 3.97 Å². The molecule has 1 aromatic heterocycles. The summed E-state index contributed by atoms with van der Waals surface area (Å²) in [5, 5.41) is 0. The molecule has 7 heteroatoms. The first kappa shape index (κ1) is 23.3. The van der Waals surface area contributed by atoms with Crippen molar-refractivity contribution < 1.29 is 17.9 Å². The third-order valence-corrected chi connectivity index (χ3v) is 7.49. The molecule has 0 aliphatic carbocycles. The molecule has 0 atom stereocenters. The molecule has 31 heavy (non-hydrogen) atoms. The number of esters is 1. The Bertz CT molecular complexity index is 1190. The summed E-state index contributed by atoms with van der Waals surface area (Å²) in [5.74, 6) is -0.443. The van der Waals surface area contributed by atoms with Gasteiger partial charge in [0.15, 0.2) is 0 Å². The summed E-state index contributed by atoms with van der Waals surface area (Å²) >= 11 is 3.55. The molecule has 3 aromatic rings. The van der Waals surface area contributed by atoms with Gasteiger partial charge in [0.05, 0.1) is 23.6 Å². The molecule has 0 N–H and O–H groups in total. The molecule has 0 fully saturated rings. The highest BCUT2D eigenvalue weighted by atomic mass is 79.9. The number of aromatic nitrogens is 1. The summed E-state index contributed by atoms with van der Waals surface area (Å²) in [6, 6.07) is 16.0. The molecule has 3 rings (SSSR count). The average molecular weight is 504 g/mol. The Kier molecular flexibility index (Phi) is 7.06. The Labute approximate surface area is 192 Å². The molecule has 0 saturated carbocycles. The topological polar surface area (TPSA) is 65.4 Å². The third kappa shape index (κ3) is 4.77. The highest BCUT2D eigenvalue weighted by Gasteiger charge is 2.30. The highest BCUT2D eigenvalue weighted by Crippen LogP contribution is 2.37. The maximum absolute atomic E-state index is 13.8. The zero-order valence-corrected chi connectivity index (χ0v) is 20.5. The van der Waals surface area contributed by atoms with Crippen LogP contribution in [0.2, 0.25) is 0 Å². The normalized spacial score (nSPS) is 11.7. The predicted octanol–water partition coefficient (Wildman–Crippen LogP) is 5.69. The van der Waals surface area contributed by atoms with E-state index in [1.807, 2.05) is 51.1 Å². The minimum absolute atomic E-state index is 0.0140. The fourth-order valence-electron chi connectivity index (χ4n) is 3.52. The number of ether oxygens (including phenoxy) is 1. The summed E-state index contributed by atoms with van der Waals surface area (Å²) in [6.45, 7) is 7.84. The summed E-state index contributed by atoms with van der Waals surface area (Å²) in [5.41, 5.74) is 3.44. The number of nitrogens with zero attached hydrogens (tertiary/aromatic N) is 1. The molecule has 0 spiro atoms. The SMILES string of the molecule is CCOC(=O)Cc1c(C(C)C)cc(-c2ccccc2Br)n1S(=O)(=O)c1ccc(C)cc1. The predicted molar refractivity (Wildman–Crippen MR) is 126 cm³/mol. The second-order valence-corrected chi connectivity index (χ2v) is 10.3. The summed E-state index contributed by atoms with van der Waals surface area (Å²) in [6.07, 6.45) is -0.128. The lowest BCUT2D eigenvalue weighted by Gasteiger charge is -2.16. The van der Waals surface area contributed by atoms with Crippen LogP contribution in [0.15, 0.2) is 64.0 Å². The molecule has 0 aliphatic rings. The molecule has 0 amide bonds. The largest absolute Gasteiger partial charge is 0.466 e. The maximum Gasteiger partial charge on any atom is 0.311 e. The number of hydrogen-bond acceptors (Lipinski definition) is 4. The van der Waals surface area contributed by atoms with Crippen molar-refractivity contribution >= 4 is 31.9 Å². The molecular formula is C24H26BrNO4S. The van der Waals surface area contributed by atoms with E-state index >= 15 is 0 Å².